The summed E-state index contributed by atoms with van der Waals surface area (Å²) in [5.41, 5.74) is 0.874. The van der Waals surface area contributed by atoms with Crippen molar-refractivity contribution < 1.29 is 4.39 Å². The summed E-state index contributed by atoms with van der Waals surface area (Å²) in [4.78, 5) is 7.08. The topological polar surface area (TPSA) is 28.7 Å². The summed E-state index contributed by atoms with van der Waals surface area (Å²) in [6.07, 6.45) is 2.20. The van der Waals surface area contributed by atoms with Gasteiger partial charge in [-0.25, -0.2) is 9.37 Å². The monoisotopic (exact) mass is 220 g/mol. The summed E-state index contributed by atoms with van der Waals surface area (Å²) in [7, 11) is 0. The smallest absolute Gasteiger partial charge is 0.123 e. The highest BCUT2D eigenvalue weighted by Crippen LogP contribution is 2.07. The van der Waals surface area contributed by atoms with Gasteiger partial charge in [-0.3, -0.25) is 0 Å². The van der Waals surface area contributed by atoms with E-state index in [1.807, 2.05) is 6.07 Å². The Morgan fingerprint density at radius 3 is 2.93 bits per heavy atom. The van der Waals surface area contributed by atoms with Crippen LogP contribution < -0.4 is 0 Å². The lowest BCUT2D eigenvalue weighted by Gasteiger charge is -2.00. The molecule has 0 amide bonds. The molecule has 2 aromatic rings. The lowest BCUT2D eigenvalue weighted by molar-refractivity contribution is 0.625. The number of hydrogen-bond acceptors (Lipinski definition) is 2. The molecule has 2 nitrogen and oxygen atoms in total. The summed E-state index contributed by atoms with van der Waals surface area (Å²) in [5, 5.41) is 0. The van der Waals surface area contributed by atoms with Crippen LogP contribution in [0.2, 0.25) is 0 Å². The highest BCUT2D eigenvalue weighted by Gasteiger charge is 1.98. The van der Waals surface area contributed by atoms with E-state index in [2.05, 4.69) is 9.97 Å². The summed E-state index contributed by atoms with van der Waals surface area (Å²) in [6, 6.07) is 8.16. The second-order valence-corrected chi connectivity index (χ2v) is 3.63. The van der Waals surface area contributed by atoms with E-state index >= 15 is 0 Å². The molecule has 0 fully saturated rings. The minimum absolute atomic E-state index is 0.234. The van der Waals surface area contributed by atoms with Crippen molar-refractivity contribution in [3.63, 3.8) is 0 Å². The Balaban J connectivity index is 2.26. The molecule has 0 spiro atoms. The van der Waals surface area contributed by atoms with Crippen LogP contribution in [-0.4, -0.2) is 9.97 Å². The van der Waals surface area contributed by atoms with Crippen LogP contribution in [0.15, 0.2) is 36.5 Å². The lowest BCUT2D eigenvalue weighted by atomic mass is 10.1. The number of benzene rings is 1. The maximum Gasteiger partial charge on any atom is 0.123 e. The van der Waals surface area contributed by atoms with Gasteiger partial charge in [-0.05, 0) is 23.8 Å². The zero-order chi connectivity index (χ0) is 10.7. The molecule has 15 heavy (non-hydrogen) atoms. The van der Waals surface area contributed by atoms with E-state index in [0.717, 1.165) is 11.4 Å². The van der Waals surface area contributed by atoms with Gasteiger partial charge in [0.15, 0.2) is 0 Å². The van der Waals surface area contributed by atoms with Gasteiger partial charge in [0.05, 0.1) is 0 Å². The molecular weight excluding hydrogens is 211 g/mol. The highest BCUT2D eigenvalue weighted by molar-refractivity contribution is 7.71. The van der Waals surface area contributed by atoms with Crippen LogP contribution in [0.25, 0.3) is 0 Å². The Labute approximate surface area is 91.8 Å². The van der Waals surface area contributed by atoms with Crippen LogP contribution in [0.1, 0.15) is 11.4 Å². The normalized spacial score (nSPS) is 10.2. The van der Waals surface area contributed by atoms with Crippen molar-refractivity contribution in [3.8, 4) is 0 Å². The third-order valence-electron chi connectivity index (χ3n) is 1.98. The van der Waals surface area contributed by atoms with E-state index < -0.39 is 0 Å². The maximum absolute atomic E-state index is 12.9. The molecule has 2 rings (SSSR count). The number of aromatic nitrogens is 2. The van der Waals surface area contributed by atoms with Crippen molar-refractivity contribution in [3.05, 3.63) is 58.4 Å². The van der Waals surface area contributed by atoms with Gasteiger partial charge in [0.2, 0.25) is 0 Å². The van der Waals surface area contributed by atoms with E-state index in [9.17, 15) is 4.39 Å². The third-order valence-corrected chi connectivity index (χ3v) is 2.22. The summed E-state index contributed by atoms with van der Waals surface area (Å²) in [5.74, 6) is 0.509. The molecule has 0 unspecified atom stereocenters. The first kappa shape index (κ1) is 9.98. The van der Waals surface area contributed by atoms with Crippen molar-refractivity contribution in [2.24, 2.45) is 0 Å². The van der Waals surface area contributed by atoms with E-state index in [4.69, 9.17) is 12.2 Å². The van der Waals surface area contributed by atoms with E-state index in [1.54, 1.807) is 18.3 Å². The maximum atomic E-state index is 12.9. The summed E-state index contributed by atoms with van der Waals surface area (Å²) in [6.45, 7) is 0. The zero-order valence-corrected chi connectivity index (χ0v) is 8.72. The predicted octanol–water partition coefficient (Wildman–Crippen LogP) is 2.87. The van der Waals surface area contributed by atoms with Crippen LogP contribution in [-0.2, 0) is 6.42 Å². The fourth-order valence-electron chi connectivity index (χ4n) is 1.34. The molecule has 0 aliphatic rings. The van der Waals surface area contributed by atoms with Crippen molar-refractivity contribution in [2.45, 2.75) is 6.42 Å². The minimum atomic E-state index is -0.234. The molecule has 0 atom stereocenters. The molecule has 0 saturated carbocycles. The first-order valence-corrected chi connectivity index (χ1v) is 4.93. The van der Waals surface area contributed by atoms with Crippen molar-refractivity contribution >= 4 is 12.2 Å². The number of halogens is 1. The third kappa shape index (κ3) is 2.70. The van der Waals surface area contributed by atoms with Gasteiger partial charge < -0.3 is 4.98 Å². The molecule has 1 aromatic heterocycles. The molecule has 76 valence electrons. The number of H-pyrrole nitrogens is 1. The highest BCUT2D eigenvalue weighted by atomic mass is 32.1. The fourth-order valence-corrected chi connectivity index (χ4v) is 1.52. The van der Waals surface area contributed by atoms with E-state index in [-0.39, 0.29) is 5.82 Å². The second-order valence-electron chi connectivity index (χ2n) is 3.19. The van der Waals surface area contributed by atoms with Crippen LogP contribution in [0, 0.1) is 10.5 Å². The Hall–Kier alpha value is -1.55. The van der Waals surface area contributed by atoms with Crippen LogP contribution in [0.4, 0.5) is 4.39 Å². The summed E-state index contributed by atoms with van der Waals surface area (Å²) < 4.78 is 13.5. The number of rotatable bonds is 2. The average Bonchev–Trinajstić information content (AvgIpc) is 2.17. The zero-order valence-electron chi connectivity index (χ0n) is 7.90. The largest absolute Gasteiger partial charge is 0.335 e. The van der Waals surface area contributed by atoms with Crippen LogP contribution in [0.3, 0.4) is 0 Å². The number of nitrogens with zero attached hydrogens (tertiary/aromatic N) is 1. The lowest BCUT2D eigenvalue weighted by Crippen LogP contribution is -1.96. The Kier molecular flexibility index (Phi) is 2.87. The first-order valence-electron chi connectivity index (χ1n) is 4.53. The first-order chi connectivity index (χ1) is 7.24. The molecular formula is C11H9FN2S. The Morgan fingerprint density at radius 2 is 2.20 bits per heavy atom. The molecule has 4 heteroatoms. The van der Waals surface area contributed by atoms with Gasteiger partial charge in [-0.1, -0.05) is 24.4 Å². The van der Waals surface area contributed by atoms with Crippen molar-refractivity contribution in [1.82, 2.24) is 9.97 Å². The number of nitrogens with one attached hydrogen (secondary N) is 1. The molecule has 0 radical (unpaired) electrons. The molecule has 0 bridgehead atoms. The summed E-state index contributed by atoms with van der Waals surface area (Å²) >= 11 is 4.97. The molecule has 0 aliphatic carbocycles. The quantitative estimate of drug-likeness (QED) is 0.788. The van der Waals surface area contributed by atoms with E-state index in [1.165, 1.54) is 12.1 Å². The van der Waals surface area contributed by atoms with E-state index in [0.29, 0.717) is 11.1 Å². The van der Waals surface area contributed by atoms with Gasteiger partial charge >= 0.3 is 0 Å². The molecule has 1 aromatic carbocycles. The standard InChI is InChI=1S/C11H9FN2S/c12-9-3-1-2-8(6-9)7-10-13-5-4-11(15)14-10/h1-6H,7H2,(H,13,14,15). The molecule has 1 heterocycles. The predicted molar refractivity (Wildman–Crippen MR) is 58.6 cm³/mol. The minimum Gasteiger partial charge on any atom is -0.335 e. The van der Waals surface area contributed by atoms with Crippen molar-refractivity contribution in [1.29, 1.82) is 0 Å². The number of hydrogen-bond donors (Lipinski definition) is 1. The second kappa shape index (κ2) is 4.31. The van der Waals surface area contributed by atoms with Crippen LogP contribution in [0.5, 0.6) is 0 Å². The Morgan fingerprint density at radius 1 is 1.33 bits per heavy atom. The van der Waals surface area contributed by atoms with Crippen LogP contribution >= 0.6 is 12.2 Å². The van der Waals surface area contributed by atoms with Crippen molar-refractivity contribution in [2.75, 3.05) is 0 Å². The molecule has 0 saturated heterocycles. The number of aromatic amines is 1. The van der Waals surface area contributed by atoms with Gasteiger partial charge in [0, 0.05) is 12.6 Å². The van der Waals surface area contributed by atoms with Gasteiger partial charge in [0.25, 0.3) is 0 Å². The average molecular weight is 220 g/mol. The van der Waals surface area contributed by atoms with Gasteiger partial charge in [0.1, 0.15) is 16.3 Å². The SMILES string of the molecule is Fc1cccc(Cc2nccc(=S)[nH]2)c1. The molecule has 0 aliphatic heterocycles. The Bertz CT molecular complexity index is 522. The van der Waals surface area contributed by atoms with Gasteiger partial charge in [-0.2, -0.15) is 0 Å². The van der Waals surface area contributed by atoms with Gasteiger partial charge in [-0.15, -0.1) is 0 Å². The fraction of sp³-hybridized carbons (Fsp3) is 0.0909. The molecule has 1 N–H and O–H groups in total.